The number of methoxy groups -OCH3 is 2. The molecule has 40 heavy (non-hydrogen) atoms. The molecule has 4 aliphatic heterocycles. The van der Waals surface area contributed by atoms with Crippen LogP contribution in [0.25, 0.3) is 0 Å². The van der Waals surface area contributed by atoms with E-state index in [2.05, 4.69) is 16.9 Å². The van der Waals surface area contributed by atoms with Crippen molar-refractivity contribution >= 4 is 29.0 Å². The monoisotopic (exact) mass is 546 g/mol. The van der Waals surface area contributed by atoms with Crippen molar-refractivity contribution < 1.29 is 28.6 Å². The molecule has 0 aliphatic carbocycles. The minimum Gasteiger partial charge on any atom is -0.501 e. The highest BCUT2D eigenvalue weighted by atomic mass is 16.5. The van der Waals surface area contributed by atoms with Crippen LogP contribution in [-0.2, 0) is 19.1 Å². The van der Waals surface area contributed by atoms with E-state index in [0.717, 1.165) is 5.69 Å². The molecule has 0 saturated carbocycles. The maximum Gasteiger partial charge on any atom is 0.272 e. The van der Waals surface area contributed by atoms with Gasteiger partial charge < -0.3 is 29.3 Å². The fourth-order valence-electron chi connectivity index (χ4n) is 5.50. The summed E-state index contributed by atoms with van der Waals surface area (Å²) < 4.78 is 17.4. The summed E-state index contributed by atoms with van der Waals surface area (Å²) >= 11 is 0. The molecule has 1 spiro atoms. The Morgan fingerprint density at radius 3 is 2.70 bits per heavy atom. The zero-order valence-electron chi connectivity index (χ0n) is 22.9. The number of carbonyl (C=O) groups is 3. The summed E-state index contributed by atoms with van der Waals surface area (Å²) in [5, 5.41) is 2.82. The number of piperidine rings is 1. The van der Waals surface area contributed by atoms with Crippen LogP contribution >= 0.6 is 0 Å². The van der Waals surface area contributed by atoms with Gasteiger partial charge in [-0.25, -0.2) is 4.99 Å². The van der Waals surface area contributed by atoms with E-state index < -0.39 is 5.60 Å². The first-order valence-electron chi connectivity index (χ1n) is 13.4. The number of allylic oxidation sites excluding steroid dienone is 3. The number of anilines is 1. The van der Waals surface area contributed by atoms with Gasteiger partial charge in [0.05, 0.1) is 44.9 Å². The highest BCUT2D eigenvalue weighted by Crippen LogP contribution is 2.41. The number of nitrogens with zero attached hydrogens (tertiary/aromatic N) is 3. The van der Waals surface area contributed by atoms with Crippen LogP contribution in [0.3, 0.4) is 0 Å². The number of amides is 2. The molecule has 0 unspecified atom stereocenters. The van der Waals surface area contributed by atoms with Crippen LogP contribution in [-0.4, -0.2) is 80.8 Å². The number of fused-ring (bicyclic) bond motifs is 1. The number of Topliss-reactive ketones (excluding diaryl/α,β-unsaturated/α-hetero) is 1. The van der Waals surface area contributed by atoms with E-state index in [-0.39, 0.29) is 36.3 Å². The highest BCUT2D eigenvalue weighted by Gasteiger charge is 2.44. The highest BCUT2D eigenvalue weighted by molar-refractivity contribution is 6.43. The second kappa shape index (κ2) is 11.4. The molecule has 4 aliphatic rings. The Balaban J connectivity index is 1.29. The first kappa shape index (κ1) is 27.2. The fraction of sp³-hybridized carbons (Fsp3) is 0.400. The summed E-state index contributed by atoms with van der Waals surface area (Å²) in [6.45, 7) is 6.08. The lowest BCUT2D eigenvalue weighted by Crippen LogP contribution is -2.53. The van der Waals surface area contributed by atoms with Crippen LogP contribution in [0, 0.1) is 0 Å². The van der Waals surface area contributed by atoms with Crippen molar-refractivity contribution in [2.45, 2.75) is 31.3 Å². The van der Waals surface area contributed by atoms with Crippen molar-refractivity contribution in [1.82, 2.24) is 10.2 Å². The van der Waals surface area contributed by atoms with Crippen molar-refractivity contribution in [2.24, 2.45) is 4.99 Å². The van der Waals surface area contributed by atoms with Crippen molar-refractivity contribution in [1.29, 1.82) is 0 Å². The van der Waals surface area contributed by atoms with E-state index >= 15 is 0 Å². The minimum atomic E-state index is -0.654. The number of carbonyl (C=O) groups excluding carboxylic acids is 3. The molecule has 1 aromatic rings. The normalized spacial score (nSPS) is 21.6. The number of hydrogen-bond donors (Lipinski definition) is 1. The standard InChI is InChI=1S/C30H34N4O6/c1-4-5-6-27(39-3)23-16-21(38-2)17-24(32-23)29(37)33-12-9-30(10-13-33)18-25(35)22-15-20(7-8-26(22)40-30)34-14-11-31-28(36)19-34/h4-8,15,17H,1,9-14,16,18-19H2,2-3H3,(H,31,36)/b6-5-,27-23-. The molecule has 2 saturated heterocycles. The molecule has 1 aromatic carbocycles. The van der Waals surface area contributed by atoms with Crippen molar-refractivity contribution in [3.63, 3.8) is 0 Å². The second-order valence-corrected chi connectivity index (χ2v) is 10.2. The third-order valence-electron chi connectivity index (χ3n) is 7.70. The molecule has 0 aromatic heterocycles. The number of dihydropyridines is 1. The average molecular weight is 547 g/mol. The lowest BCUT2D eigenvalue weighted by atomic mass is 9.82. The molecular formula is C30H34N4O6. The van der Waals surface area contributed by atoms with Crippen LogP contribution in [0.4, 0.5) is 5.69 Å². The number of aliphatic imine (C=N–C) groups is 1. The molecule has 0 radical (unpaired) electrons. The maximum atomic E-state index is 13.5. The summed E-state index contributed by atoms with van der Waals surface area (Å²) in [6.07, 6.45) is 8.51. The zero-order valence-corrected chi connectivity index (χ0v) is 22.9. The summed E-state index contributed by atoms with van der Waals surface area (Å²) in [7, 11) is 3.12. The van der Waals surface area contributed by atoms with Gasteiger partial charge in [0.2, 0.25) is 5.91 Å². The Kier molecular flexibility index (Phi) is 7.77. The van der Waals surface area contributed by atoms with Crippen LogP contribution in [0.2, 0.25) is 0 Å². The Hall–Kier alpha value is -4.34. The van der Waals surface area contributed by atoms with Crippen molar-refractivity contribution in [2.75, 3.05) is 51.8 Å². The molecule has 0 bridgehead atoms. The van der Waals surface area contributed by atoms with Gasteiger partial charge in [-0.05, 0) is 24.3 Å². The number of rotatable bonds is 6. The minimum absolute atomic E-state index is 0.0168. The SMILES string of the molecule is C=C/C=C\C(OC)=C1/CC(OC)=CC(C(=O)N2CCC3(CC2)CC(=O)c2cc(N4CCNC(=O)C4)ccc2O3)=N1. The molecule has 10 heteroatoms. The Morgan fingerprint density at radius 2 is 2.00 bits per heavy atom. The Bertz CT molecular complexity index is 1350. The number of ketones is 1. The van der Waals surface area contributed by atoms with Crippen molar-refractivity contribution in [3.05, 3.63) is 71.9 Å². The summed E-state index contributed by atoms with van der Waals surface area (Å²) in [6, 6.07) is 5.54. The molecule has 2 fully saturated rings. The lowest BCUT2D eigenvalue weighted by molar-refractivity contribution is -0.127. The lowest BCUT2D eigenvalue weighted by Gasteiger charge is -2.44. The van der Waals surface area contributed by atoms with Crippen molar-refractivity contribution in [3.8, 4) is 5.75 Å². The first-order chi connectivity index (χ1) is 19.3. The number of hydrogen-bond acceptors (Lipinski definition) is 8. The number of likely N-dealkylation sites (tertiary alicyclic amines) is 1. The van der Waals surface area contributed by atoms with Gasteiger partial charge in [-0.2, -0.15) is 0 Å². The van der Waals surface area contributed by atoms with Gasteiger partial charge >= 0.3 is 0 Å². The summed E-state index contributed by atoms with van der Waals surface area (Å²) in [5.74, 6) is 1.48. The number of benzene rings is 1. The predicted molar refractivity (Wildman–Crippen MR) is 150 cm³/mol. The third kappa shape index (κ3) is 5.52. The maximum absolute atomic E-state index is 13.5. The summed E-state index contributed by atoms with van der Waals surface area (Å²) in [5.41, 5.74) is 1.60. The Morgan fingerprint density at radius 1 is 1.20 bits per heavy atom. The second-order valence-electron chi connectivity index (χ2n) is 10.2. The van der Waals surface area contributed by atoms with Crippen LogP contribution in [0.5, 0.6) is 5.75 Å². The quantitative estimate of drug-likeness (QED) is 0.432. The van der Waals surface area contributed by atoms with Gasteiger partial charge in [0.15, 0.2) is 5.78 Å². The molecule has 5 rings (SSSR count). The molecule has 1 N–H and O–H groups in total. The summed E-state index contributed by atoms with van der Waals surface area (Å²) in [4.78, 5) is 46.9. The van der Waals surface area contributed by atoms with Gasteiger partial charge in [0.25, 0.3) is 5.91 Å². The van der Waals surface area contributed by atoms with E-state index in [1.54, 1.807) is 43.4 Å². The molecule has 4 heterocycles. The zero-order chi connectivity index (χ0) is 28.3. The van der Waals surface area contributed by atoms with E-state index in [4.69, 9.17) is 14.2 Å². The topological polar surface area (TPSA) is 110 Å². The van der Waals surface area contributed by atoms with E-state index in [9.17, 15) is 14.4 Å². The largest absolute Gasteiger partial charge is 0.501 e. The smallest absolute Gasteiger partial charge is 0.272 e. The van der Waals surface area contributed by atoms with Gasteiger partial charge in [-0.15, -0.1) is 0 Å². The van der Waals surface area contributed by atoms with Gasteiger partial charge in [0.1, 0.15) is 28.6 Å². The van der Waals surface area contributed by atoms with E-state index in [1.807, 2.05) is 23.1 Å². The van der Waals surface area contributed by atoms with Crippen LogP contribution in [0.1, 0.15) is 36.0 Å². The van der Waals surface area contributed by atoms with E-state index in [0.29, 0.717) is 74.0 Å². The number of nitrogens with one attached hydrogen (secondary N) is 1. The van der Waals surface area contributed by atoms with Gasteiger partial charge in [0, 0.05) is 50.8 Å². The van der Waals surface area contributed by atoms with Gasteiger partial charge in [-0.1, -0.05) is 18.7 Å². The Labute approximate surface area is 233 Å². The molecular weight excluding hydrogens is 512 g/mol. The van der Waals surface area contributed by atoms with Crippen LogP contribution < -0.4 is 15.0 Å². The third-order valence-corrected chi connectivity index (χ3v) is 7.70. The molecule has 10 nitrogen and oxygen atoms in total. The molecule has 0 atom stereocenters. The van der Waals surface area contributed by atoms with E-state index in [1.165, 1.54) is 0 Å². The molecule has 210 valence electrons. The average Bonchev–Trinajstić information content (AvgIpc) is 2.97. The number of ether oxygens (including phenoxy) is 3. The number of piperazine rings is 1. The fourth-order valence-corrected chi connectivity index (χ4v) is 5.50. The van der Waals surface area contributed by atoms with Gasteiger partial charge in [-0.3, -0.25) is 14.4 Å². The molecule has 2 amide bonds. The van der Waals surface area contributed by atoms with Crippen LogP contribution in [0.15, 0.2) is 71.3 Å². The predicted octanol–water partition coefficient (Wildman–Crippen LogP) is 2.92. The first-order valence-corrected chi connectivity index (χ1v) is 13.4.